The van der Waals surface area contributed by atoms with Crippen molar-refractivity contribution in [2.45, 2.75) is 0 Å². The highest BCUT2D eigenvalue weighted by atomic mass is 16.6. The molecule has 0 aliphatic heterocycles. The van der Waals surface area contributed by atoms with E-state index in [-0.39, 0.29) is 26.4 Å². The number of ether oxygens (including phenoxy) is 8. The SMILES string of the molecule is C#CCOCCOCC(COCCOCC#C)(COCCOCC#C)COCCOCC#C. The lowest BCUT2D eigenvalue weighted by atomic mass is 9.92. The zero-order chi connectivity index (χ0) is 24.3. The quantitative estimate of drug-likeness (QED) is 0.152. The third-order valence-electron chi connectivity index (χ3n) is 3.86. The zero-order valence-corrected chi connectivity index (χ0v) is 19.4. The van der Waals surface area contributed by atoms with Gasteiger partial charge in [-0.05, 0) is 0 Å². The molecule has 0 atom stereocenters. The minimum Gasteiger partial charge on any atom is -0.378 e. The third-order valence-corrected chi connectivity index (χ3v) is 3.86. The molecule has 0 saturated heterocycles. The molecule has 0 spiro atoms. The predicted molar refractivity (Wildman–Crippen MR) is 124 cm³/mol. The Morgan fingerprint density at radius 3 is 0.788 bits per heavy atom. The number of hydrogen-bond donors (Lipinski definition) is 0. The van der Waals surface area contributed by atoms with Gasteiger partial charge < -0.3 is 37.9 Å². The third kappa shape index (κ3) is 20.3. The second kappa shape index (κ2) is 24.6. The van der Waals surface area contributed by atoms with Crippen LogP contribution in [0.2, 0.25) is 0 Å². The smallest absolute Gasteiger partial charge is 0.107 e. The Labute approximate surface area is 198 Å². The molecule has 0 aromatic carbocycles. The van der Waals surface area contributed by atoms with Crippen LogP contribution in [-0.2, 0) is 37.9 Å². The molecule has 8 nitrogen and oxygen atoms in total. The Kier molecular flexibility index (Phi) is 23.0. The largest absolute Gasteiger partial charge is 0.378 e. The summed E-state index contributed by atoms with van der Waals surface area (Å²) >= 11 is 0. The van der Waals surface area contributed by atoms with Crippen molar-refractivity contribution < 1.29 is 37.9 Å². The topological polar surface area (TPSA) is 73.8 Å². The molecule has 0 heterocycles. The van der Waals surface area contributed by atoms with E-state index in [1.165, 1.54) is 0 Å². The fourth-order valence-electron chi connectivity index (χ4n) is 2.40. The Morgan fingerprint density at radius 1 is 0.364 bits per heavy atom. The Hall–Kier alpha value is -2.08. The van der Waals surface area contributed by atoms with Crippen LogP contribution in [-0.4, -0.2) is 106 Å². The van der Waals surface area contributed by atoms with E-state index in [9.17, 15) is 0 Å². The standard InChI is InChI=1S/C25H36O8/c1-5-9-26-13-17-30-21-25(22-31-18-14-27-10-6-2,23-32-19-15-28-11-7-3)24-33-20-16-29-12-8-4/h1-4H,9-24H2. The van der Waals surface area contributed by atoms with E-state index in [2.05, 4.69) is 23.7 Å². The normalized spacial score (nSPS) is 10.8. The van der Waals surface area contributed by atoms with Crippen LogP contribution in [0.25, 0.3) is 0 Å². The van der Waals surface area contributed by atoms with Crippen LogP contribution in [0.3, 0.4) is 0 Å². The Morgan fingerprint density at radius 2 is 0.576 bits per heavy atom. The highest BCUT2D eigenvalue weighted by molar-refractivity contribution is 4.84. The monoisotopic (exact) mass is 464 g/mol. The summed E-state index contributed by atoms with van der Waals surface area (Å²) < 4.78 is 44.3. The van der Waals surface area contributed by atoms with Gasteiger partial charge in [-0.15, -0.1) is 25.7 Å². The summed E-state index contributed by atoms with van der Waals surface area (Å²) in [5.41, 5.74) is -0.587. The number of rotatable bonds is 24. The maximum Gasteiger partial charge on any atom is 0.107 e. The molecule has 0 amide bonds. The predicted octanol–water partition coefficient (Wildman–Crippen LogP) is 0.638. The Balaban J connectivity index is 4.82. The van der Waals surface area contributed by atoms with Crippen molar-refractivity contribution in [1.82, 2.24) is 0 Å². The van der Waals surface area contributed by atoms with Crippen molar-refractivity contribution in [3.63, 3.8) is 0 Å². The second-order valence-corrected chi connectivity index (χ2v) is 6.74. The Bertz CT molecular complexity index is 498. The van der Waals surface area contributed by atoms with Crippen molar-refractivity contribution in [2.24, 2.45) is 5.41 Å². The van der Waals surface area contributed by atoms with Crippen LogP contribution >= 0.6 is 0 Å². The molecule has 0 aliphatic carbocycles. The van der Waals surface area contributed by atoms with Gasteiger partial charge in [0.1, 0.15) is 26.4 Å². The average Bonchev–Trinajstić information content (AvgIpc) is 2.83. The van der Waals surface area contributed by atoms with Gasteiger partial charge in [-0.3, -0.25) is 0 Å². The van der Waals surface area contributed by atoms with Crippen LogP contribution in [0.5, 0.6) is 0 Å². The summed E-state index contributed by atoms with van der Waals surface area (Å²) in [6.07, 6.45) is 20.7. The lowest BCUT2D eigenvalue weighted by Gasteiger charge is -2.33. The van der Waals surface area contributed by atoms with Gasteiger partial charge in [0.25, 0.3) is 0 Å². The van der Waals surface area contributed by atoms with E-state index in [4.69, 9.17) is 63.6 Å². The van der Waals surface area contributed by atoms with Gasteiger partial charge in [-0.25, -0.2) is 0 Å². The van der Waals surface area contributed by atoms with Crippen molar-refractivity contribution in [2.75, 3.05) is 106 Å². The molecule has 0 saturated carbocycles. The summed E-state index contributed by atoms with van der Waals surface area (Å²) in [5.74, 6) is 9.64. The van der Waals surface area contributed by atoms with E-state index >= 15 is 0 Å². The molecule has 0 fully saturated rings. The lowest BCUT2D eigenvalue weighted by molar-refractivity contribution is -0.119. The molecule has 8 heteroatoms. The van der Waals surface area contributed by atoms with Gasteiger partial charge in [0, 0.05) is 0 Å². The minimum absolute atomic E-state index is 0.233. The summed E-state index contributed by atoms with van der Waals surface area (Å²) in [5, 5.41) is 0. The molecule has 0 aromatic heterocycles. The van der Waals surface area contributed by atoms with Crippen molar-refractivity contribution in [3.05, 3.63) is 0 Å². The van der Waals surface area contributed by atoms with Gasteiger partial charge in [0.15, 0.2) is 0 Å². The van der Waals surface area contributed by atoms with Crippen LogP contribution in [0, 0.1) is 54.8 Å². The van der Waals surface area contributed by atoms with Gasteiger partial charge in [-0.2, -0.15) is 0 Å². The molecule has 184 valence electrons. The highest BCUT2D eigenvalue weighted by Crippen LogP contribution is 2.21. The summed E-state index contributed by atoms with van der Waals surface area (Å²) in [6.45, 7) is 5.16. The molecule has 0 N–H and O–H groups in total. The number of hydrogen-bond acceptors (Lipinski definition) is 8. The molecule has 0 aromatic rings. The molecule has 0 bridgehead atoms. The minimum atomic E-state index is -0.587. The van der Waals surface area contributed by atoms with E-state index in [0.29, 0.717) is 79.3 Å². The maximum absolute atomic E-state index is 5.83. The summed E-state index contributed by atoms with van der Waals surface area (Å²) in [6, 6.07) is 0. The lowest BCUT2D eigenvalue weighted by Crippen LogP contribution is -2.42. The fraction of sp³-hybridized carbons (Fsp3) is 0.680. The highest BCUT2D eigenvalue weighted by Gasteiger charge is 2.32. The molecule has 0 unspecified atom stereocenters. The van der Waals surface area contributed by atoms with E-state index < -0.39 is 5.41 Å². The van der Waals surface area contributed by atoms with Crippen LogP contribution in [0.15, 0.2) is 0 Å². The summed E-state index contributed by atoms with van der Waals surface area (Å²) in [4.78, 5) is 0. The van der Waals surface area contributed by atoms with Crippen molar-refractivity contribution in [3.8, 4) is 49.4 Å². The van der Waals surface area contributed by atoms with E-state index in [1.807, 2.05) is 0 Å². The number of terminal acetylenes is 4. The van der Waals surface area contributed by atoms with Crippen LogP contribution < -0.4 is 0 Å². The molecular formula is C25H36O8. The maximum atomic E-state index is 5.83. The van der Waals surface area contributed by atoms with Crippen molar-refractivity contribution >= 4 is 0 Å². The average molecular weight is 465 g/mol. The first-order valence-corrected chi connectivity index (χ1v) is 10.6. The van der Waals surface area contributed by atoms with Crippen LogP contribution in [0.4, 0.5) is 0 Å². The van der Waals surface area contributed by atoms with E-state index in [1.54, 1.807) is 0 Å². The molecular weight excluding hydrogens is 428 g/mol. The molecule has 0 radical (unpaired) electrons. The van der Waals surface area contributed by atoms with Gasteiger partial charge in [0.2, 0.25) is 0 Å². The van der Waals surface area contributed by atoms with Gasteiger partial charge in [-0.1, -0.05) is 23.7 Å². The van der Waals surface area contributed by atoms with Gasteiger partial charge >= 0.3 is 0 Å². The van der Waals surface area contributed by atoms with E-state index in [0.717, 1.165) is 0 Å². The first kappa shape index (κ1) is 30.9. The zero-order valence-electron chi connectivity index (χ0n) is 19.4. The first-order valence-electron chi connectivity index (χ1n) is 10.6. The fourth-order valence-corrected chi connectivity index (χ4v) is 2.40. The molecule has 0 rings (SSSR count). The molecule has 33 heavy (non-hydrogen) atoms. The second-order valence-electron chi connectivity index (χ2n) is 6.74. The first-order chi connectivity index (χ1) is 16.2. The van der Waals surface area contributed by atoms with Gasteiger partial charge in [0.05, 0.1) is 84.7 Å². The molecule has 0 aliphatic rings. The summed E-state index contributed by atoms with van der Waals surface area (Å²) in [7, 11) is 0. The van der Waals surface area contributed by atoms with Crippen LogP contribution in [0.1, 0.15) is 0 Å². The van der Waals surface area contributed by atoms with Crippen molar-refractivity contribution in [1.29, 1.82) is 0 Å².